The summed E-state index contributed by atoms with van der Waals surface area (Å²) in [6.45, 7) is -3.47. The first-order valence-corrected chi connectivity index (χ1v) is 10.9. The van der Waals surface area contributed by atoms with Crippen molar-refractivity contribution in [2.24, 2.45) is 0 Å². The van der Waals surface area contributed by atoms with Gasteiger partial charge < -0.3 is 9.64 Å². The summed E-state index contributed by atoms with van der Waals surface area (Å²) in [5.74, 6) is -0.720. The Morgan fingerprint density at radius 1 is 1.03 bits per heavy atom. The normalized spacial score (nSPS) is 15.8. The first-order valence-electron chi connectivity index (χ1n) is 9.10. The molecule has 6 nitrogen and oxygen atoms in total. The van der Waals surface area contributed by atoms with E-state index < -0.39 is 44.2 Å². The van der Waals surface area contributed by atoms with Gasteiger partial charge in [-0.25, -0.2) is 8.42 Å². The molecule has 1 heterocycles. The van der Waals surface area contributed by atoms with Gasteiger partial charge in [0, 0.05) is 31.7 Å². The maximum atomic E-state index is 13.1. The summed E-state index contributed by atoms with van der Waals surface area (Å²) in [5.41, 5.74) is -1.19. The Balaban J connectivity index is 1.72. The molecule has 0 bridgehead atoms. The Labute approximate surface area is 185 Å². The van der Waals surface area contributed by atoms with Crippen molar-refractivity contribution in [3.05, 3.63) is 58.6 Å². The highest BCUT2D eigenvalue weighted by atomic mass is 35.5. The summed E-state index contributed by atoms with van der Waals surface area (Å²) in [7, 11) is -4.26. The SMILES string of the molecule is O=C(c1cccc(OC(F)F)c1)N1CCN(S(=O)(=O)c2ccc(Cl)c(C(F)(F)F)c2)CC1. The monoisotopic (exact) mass is 498 g/mol. The molecule has 0 radical (unpaired) electrons. The summed E-state index contributed by atoms with van der Waals surface area (Å²) < 4.78 is 94.8. The Bertz CT molecular complexity index is 1100. The van der Waals surface area contributed by atoms with Crippen molar-refractivity contribution >= 4 is 27.5 Å². The van der Waals surface area contributed by atoms with Gasteiger partial charge in [-0.15, -0.1) is 0 Å². The standard InChI is InChI=1S/C19H16ClF5N2O4S/c20-16-5-4-14(11-15(16)19(23,24)25)32(29,30)27-8-6-26(7-9-27)17(28)12-2-1-3-13(10-12)31-18(21)22/h1-5,10-11,18H,6-9H2. The zero-order valence-electron chi connectivity index (χ0n) is 16.2. The van der Waals surface area contributed by atoms with Crippen LogP contribution in [0, 0.1) is 0 Å². The van der Waals surface area contributed by atoms with Gasteiger partial charge in [0.1, 0.15) is 5.75 Å². The molecule has 32 heavy (non-hydrogen) atoms. The number of piperazine rings is 1. The molecule has 1 amide bonds. The minimum absolute atomic E-state index is 0.0439. The Kier molecular flexibility index (Phi) is 6.96. The fourth-order valence-corrected chi connectivity index (χ4v) is 4.82. The lowest BCUT2D eigenvalue weighted by Gasteiger charge is -2.34. The highest BCUT2D eigenvalue weighted by Crippen LogP contribution is 2.36. The number of hydrogen-bond acceptors (Lipinski definition) is 4. The van der Waals surface area contributed by atoms with Crippen LogP contribution in [0.3, 0.4) is 0 Å². The molecule has 2 aromatic rings. The maximum absolute atomic E-state index is 13.1. The zero-order chi connectivity index (χ0) is 23.7. The number of nitrogens with zero attached hydrogens (tertiary/aromatic N) is 2. The molecule has 174 valence electrons. The lowest BCUT2D eigenvalue weighted by atomic mass is 10.1. The summed E-state index contributed by atoms with van der Waals surface area (Å²) >= 11 is 5.54. The van der Waals surface area contributed by atoms with Crippen LogP contribution >= 0.6 is 11.6 Å². The number of halogens is 6. The highest BCUT2D eigenvalue weighted by Gasteiger charge is 2.36. The minimum atomic E-state index is -4.82. The van der Waals surface area contributed by atoms with Crippen LogP contribution in [0.5, 0.6) is 5.75 Å². The quantitative estimate of drug-likeness (QED) is 0.582. The van der Waals surface area contributed by atoms with Crippen molar-refractivity contribution < 1.29 is 39.9 Å². The third-order valence-corrected chi connectivity index (χ3v) is 6.94. The molecule has 0 unspecified atom stereocenters. The van der Waals surface area contributed by atoms with E-state index in [2.05, 4.69) is 4.74 Å². The summed E-state index contributed by atoms with van der Waals surface area (Å²) in [4.78, 5) is 13.4. The van der Waals surface area contributed by atoms with Crippen LogP contribution in [0.1, 0.15) is 15.9 Å². The van der Waals surface area contributed by atoms with Crippen LogP contribution in [-0.2, 0) is 16.2 Å². The fourth-order valence-electron chi connectivity index (χ4n) is 3.15. The van der Waals surface area contributed by atoms with E-state index in [1.165, 1.54) is 23.1 Å². The molecular formula is C19H16ClF5N2O4S. The minimum Gasteiger partial charge on any atom is -0.435 e. The van der Waals surface area contributed by atoms with Crippen molar-refractivity contribution in [3.8, 4) is 5.75 Å². The van der Waals surface area contributed by atoms with Crippen LogP contribution in [-0.4, -0.2) is 56.3 Å². The van der Waals surface area contributed by atoms with Crippen LogP contribution in [0.15, 0.2) is 47.4 Å². The number of amides is 1. The summed E-state index contributed by atoms with van der Waals surface area (Å²) in [6.07, 6.45) is -4.82. The number of benzene rings is 2. The van der Waals surface area contributed by atoms with Crippen molar-refractivity contribution in [2.45, 2.75) is 17.7 Å². The Morgan fingerprint density at radius 2 is 1.69 bits per heavy atom. The third kappa shape index (κ3) is 5.30. The van der Waals surface area contributed by atoms with Crippen molar-refractivity contribution in [2.75, 3.05) is 26.2 Å². The van der Waals surface area contributed by atoms with Gasteiger partial charge in [0.25, 0.3) is 5.91 Å². The number of carbonyl (C=O) groups excluding carboxylic acids is 1. The van der Waals surface area contributed by atoms with E-state index in [-0.39, 0.29) is 37.5 Å². The second-order valence-electron chi connectivity index (χ2n) is 6.74. The molecule has 1 aliphatic rings. The Hall–Kier alpha value is -2.44. The van der Waals surface area contributed by atoms with E-state index >= 15 is 0 Å². The van der Waals surface area contributed by atoms with Crippen LogP contribution in [0.25, 0.3) is 0 Å². The average molecular weight is 499 g/mol. The second-order valence-corrected chi connectivity index (χ2v) is 9.09. The highest BCUT2D eigenvalue weighted by molar-refractivity contribution is 7.89. The molecule has 1 aliphatic heterocycles. The maximum Gasteiger partial charge on any atom is 0.417 e. The number of alkyl halides is 5. The average Bonchev–Trinajstić information content (AvgIpc) is 2.72. The van der Waals surface area contributed by atoms with Gasteiger partial charge in [-0.05, 0) is 36.4 Å². The van der Waals surface area contributed by atoms with E-state index in [9.17, 15) is 35.2 Å². The predicted octanol–water partition coefficient (Wildman–Crippen LogP) is 4.11. The van der Waals surface area contributed by atoms with Gasteiger partial charge in [0.15, 0.2) is 0 Å². The molecule has 0 N–H and O–H groups in total. The molecule has 13 heteroatoms. The van der Waals surface area contributed by atoms with Gasteiger partial charge in [0.2, 0.25) is 10.0 Å². The predicted molar refractivity (Wildman–Crippen MR) is 104 cm³/mol. The van der Waals surface area contributed by atoms with E-state index in [1.54, 1.807) is 0 Å². The molecule has 1 saturated heterocycles. The van der Waals surface area contributed by atoms with Gasteiger partial charge >= 0.3 is 12.8 Å². The van der Waals surface area contributed by atoms with Crippen LogP contribution in [0.2, 0.25) is 5.02 Å². The molecule has 0 saturated carbocycles. The molecule has 0 aliphatic carbocycles. The molecule has 1 fully saturated rings. The molecular weight excluding hydrogens is 483 g/mol. The molecule has 0 atom stereocenters. The first kappa shape index (κ1) is 24.2. The van der Waals surface area contributed by atoms with Gasteiger partial charge in [-0.1, -0.05) is 17.7 Å². The zero-order valence-corrected chi connectivity index (χ0v) is 17.7. The van der Waals surface area contributed by atoms with Crippen molar-refractivity contribution in [1.82, 2.24) is 9.21 Å². The van der Waals surface area contributed by atoms with Crippen LogP contribution in [0.4, 0.5) is 22.0 Å². The summed E-state index contributed by atoms with van der Waals surface area (Å²) in [5, 5.41) is -0.620. The van der Waals surface area contributed by atoms with E-state index in [4.69, 9.17) is 11.6 Å². The first-order chi connectivity index (χ1) is 14.9. The second kappa shape index (κ2) is 9.20. The lowest BCUT2D eigenvalue weighted by molar-refractivity contribution is -0.137. The van der Waals surface area contributed by atoms with Crippen molar-refractivity contribution in [1.29, 1.82) is 0 Å². The number of ether oxygens (including phenoxy) is 1. The largest absolute Gasteiger partial charge is 0.435 e. The third-order valence-electron chi connectivity index (χ3n) is 4.71. The number of hydrogen-bond donors (Lipinski definition) is 0. The molecule has 0 aromatic heterocycles. The van der Waals surface area contributed by atoms with E-state index in [0.717, 1.165) is 22.5 Å². The summed E-state index contributed by atoms with van der Waals surface area (Å²) in [6, 6.07) is 7.49. The van der Waals surface area contributed by atoms with Crippen molar-refractivity contribution in [3.63, 3.8) is 0 Å². The topological polar surface area (TPSA) is 66.9 Å². The number of carbonyl (C=O) groups is 1. The van der Waals surface area contributed by atoms with Gasteiger partial charge in [-0.2, -0.15) is 26.3 Å². The fraction of sp³-hybridized carbons (Fsp3) is 0.316. The molecule has 0 spiro atoms. The van der Waals surface area contributed by atoms with Gasteiger partial charge in [-0.3, -0.25) is 4.79 Å². The number of rotatable bonds is 5. The smallest absolute Gasteiger partial charge is 0.417 e. The molecule has 2 aromatic carbocycles. The van der Waals surface area contributed by atoms with Gasteiger partial charge in [0.05, 0.1) is 15.5 Å². The number of sulfonamides is 1. The van der Waals surface area contributed by atoms with E-state index in [0.29, 0.717) is 6.07 Å². The van der Waals surface area contributed by atoms with E-state index in [1.807, 2.05) is 0 Å². The lowest BCUT2D eigenvalue weighted by Crippen LogP contribution is -2.50. The Morgan fingerprint density at radius 3 is 2.28 bits per heavy atom. The molecule has 3 rings (SSSR count). The van der Waals surface area contributed by atoms with Crippen LogP contribution < -0.4 is 4.74 Å².